The molecule has 1 atom stereocenters. The van der Waals surface area contributed by atoms with E-state index in [2.05, 4.69) is 24.1 Å². The van der Waals surface area contributed by atoms with Gasteiger partial charge in [0.05, 0.1) is 0 Å². The Balaban J connectivity index is 2.71. The quantitative estimate of drug-likeness (QED) is 0.736. The summed E-state index contributed by atoms with van der Waals surface area (Å²) in [5.74, 6) is -1.59. The Morgan fingerprint density at radius 2 is 1.95 bits per heavy atom. The van der Waals surface area contributed by atoms with Gasteiger partial charge in [-0.05, 0) is 39.8 Å². The van der Waals surface area contributed by atoms with Crippen molar-refractivity contribution in [2.24, 2.45) is 0 Å². The lowest BCUT2D eigenvalue weighted by atomic mass is 10.0. The summed E-state index contributed by atoms with van der Waals surface area (Å²) >= 11 is 0. The van der Waals surface area contributed by atoms with Crippen molar-refractivity contribution in [1.82, 2.24) is 10.2 Å². The van der Waals surface area contributed by atoms with Crippen molar-refractivity contribution < 1.29 is 13.9 Å². The van der Waals surface area contributed by atoms with Crippen molar-refractivity contribution in [3.05, 3.63) is 35.4 Å². The smallest absolute Gasteiger partial charge is 0.163 e. The number of benzene rings is 1. The Morgan fingerprint density at radius 3 is 2.52 bits per heavy atom. The third kappa shape index (κ3) is 5.34. The topological polar surface area (TPSA) is 35.5 Å². The molecule has 0 radical (unpaired) electrons. The first-order valence-electron chi connectivity index (χ1n) is 7.47. The second kappa shape index (κ2) is 9.07. The summed E-state index contributed by atoms with van der Waals surface area (Å²) in [7, 11) is 1.75. The maximum atomic E-state index is 13.9. The van der Waals surface area contributed by atoms with Crippen LogP contribution in [0.1, 0.15) is 38.3 Å². The van der Waals surface area contributed by atoms with Gasteiger partial charge in [-0.15, -0.1) is 0 Å². The molecule has 0 spiro atoms. The molecule has 0 heterocycles. The maximum Gasteiger partial charge on any atom is 0.163 e. The van der Waals surface area contributed by atoms with Crippen LogP contribution < -0.4 is 5.32 Å². The average molecular weight is 300 g/mol. The molecule has 1 rings (SSSR count). The van der Waals surface area contributed by atoms with E-state index in [4.69, 9.17) is 5.11 Å². The first-order valence-corrected chi connectivity index (χ1v) is 7.47. The zero-order valence-electron chi connectivity index (χ0n) is 13.1. The normalized spacial score (nSPS) is 13.1. The molecule has 120 valence electrons. The van der Waals surface area contributed by atoms with E-state index in [9.17, 15) is 8.78 Å². The summed E-state index contributed by atoms with van der Waals surface area (Å²) in [6, 6.07) is 4.41. The van der Waals surface area contributed by atoms with Crippen LogP contribution in [0.5, 0.6) is 0 Å². The van der Waals surface area contributed by atoms with Crippen LogP contribution in [-0.4, -0.2) is 42.8 Å². The van der Waals surface area contributed by atoms with Crippen LogP contribution >= 0.6 is 0 Å². The molecule has 0 aromatic heterocycles. The molecule has 0 saturated carbocycles. The number of hydrogen-bond donors (Lipinski definition) is 2. The van der Waals surface area contributed by atoms with Gasteiger partial charge in [-0.2, -0.15) is 0 Å². The number of halogens is 2. The highest BCUT2D eigenvalue weighted by molar-refractivity contribution is 5.22. The van der Waals surface area contributed by atoms with Crippen molar-refractivity contribution >= 4 is 0 Å². The van der Waals surface area contributed by atoms with Gasteiger partial charge < -0.3 is 15.3 Å². The van der Waals surface area contributed by atoms with Gasteiger partial charge in [0.15, 0.2) is 11.6 Å². The Labute approximate surface area is 126 Å². The van der Waals surface area contributed by atoms with Crippen LogP contribution in [0.15, 0.2) is 18.2 Å². The highest BCUT2D eigenvalue weighted by Gasteiger charge is 2.18. The molecule has 3 nitrogen and oxygen atoms in total. The van der Waals surface area contributed by atoms with Gasteiger partial charge in [-0.25, -0.2) is 8.78 Å². The molecule has 21 heavy (non-hydrogen) atoms. The van der Waals surface area contributed by atoms with Gasteiger partial charge in [0.25, 0.3) is 0 Å². The van der Waals surface area contributed by atoms with E-state index in [-0.39, 0.29) is 12.6 Å². The third-order valence-corrected chi connectivity index (χ3v) is 3.74. The summed E-state index contributed by atoms with van der Waals surface area (Å²) in [6.45, 7) is 5.91. The monoisotopic (exact) mass is 300 g/mol. The van der Waals surface area contributed by atoms with Crippen LogP contribution in [0.25, 0.3) is 0 Å². The molecule has 0 amide bonds. The molecule has 0 aliphatic carbocycles. The summed E-state index contributed by atoms with van der Waals surface area (Å²) < 4.78 is 27.2. The molecule has 0 aliphatic rings. The summed E-state index contributed by atoms with van der Waals surface area (Å²) in [4.78, 5) is 2.23. The predicted molar refractivity (Wildman–Crippen MR) is 81.2 cm³/mol. The van der Waals surface area contributed by atoms with Crippen molar-refractivity contribution in [3.63, 3.8) is 0 Å². The lowest BCUT2D eigenvalue weighted by Crippen LogP contribution is -2.35. The van der Waals surface area contributed by atoms with Crippen LogP contribution in [0.3, 0.4) is 0 Å². The molecule has 1 aromatic rings. The Kier molecular flexibility index (Phi) is 7.78. The van der Waals surface area contributed by atoms with Gasteiger partial charge in [-0.3, -0.25) is 0 Å². The van der Waals surface area contributed by atoms with E-state index in [0.29, 0.717) is 18.0 Å². The molecule has 1 unspecified atom stereocenters. The second-order valence-corrected chi connectivity index (χ2v) is 5.48. The van der Waals surface area contributed by atoms with Gasteiger partial charge in [-0.1, -0.05) is 12.1 Å². The van der Waals surface area contributed by atoms with Crippen molar-refractivity contribution in [1.29, 1.82) is 0 Å². The molecular weight excluding hydrogens is 274 g/mol. The lowest BCUT2D eigenvalue weighted by molar-refractivity contribution is 0.184. The fourth-order valence-corrected chi connectivity index (χ4v) is 2.44. The Morgan fingerprint density at radius 1 is 1.24 bits per heavy atom. The summed E-state index contributed by atoms with van der Waals surface area (Å²) in [5.41, 5.74) is 0.364. The molecule has 0 saturated heterocycles. The Hall–Kier alpha value is -1.04. The number of aliphatic hydroxyl groups is 1. The summed E-state index contributed by atoms with van der Waals surface area (Å²) in [5, 5.41) is 12.0. The van der Waals surface area contributed by atoms with Crippen LogP contribution in [0.2, 0.25) is 0 Å². The van der Waals surface area contributed by atoms with Crippen LogP contribution in [0.4, 0.5) is 8.78 Å². The minimum absolute atomic E-state index is 0.164. The molecule has 2 N–H and O–H groups in total. The lowest BCUT2D eigenvalue weighted by Gasteiger charge is -2.28. The standard InChI is InChI=1S/C16H26F2N2O/c1-12(2)20(9-5-11-21)10-8-15(19-3)13-6-4-7-14(17)16(13)18/h4,6-7,12,15,19,21H,5,8-11H2,1-3H3. The number of hydrogen-bond acceptors (Lipinski definition) is 3. The zero-order valence-corrected chi connectivity index (χ0v) is 13.1. The second-order valence-electron chi connectivity index (χ2n) is 5.48. The van der Waals surface area contributed by atoms with Gasteiger partial charge in [0, 0.05) is 37.3 Å². The van der Waals surface area contributed by atoms with E-state index < -0.39 is 11.6 Å². The number of nitrogens with one attached hydrogen (secondary N) is 1. The van der Waals surface area contributed by atoms with Crippen molar-refractivity contribution in [2.45, 2.75) is 38.8 Å². The van der Waals surface area contributed by atoms with Crippen molar-refractivity contribution in [2.75, 3.05) is 26.7 Å². The average Bonchev–Trinajstić information content (AvgIpc) is 2.46. The molecule has 1 aromatic carbocycles. The van der Waals surface area contributed by atoms with E-state index >= 15 is 0 Å². The molecule has 0 fully saturated rings. The minimum atomic E-state index is -0.811. The Bertz CT molecular complexity index is 427. The van der Waals surface area contributed by atoms with Gasteiger partial charge >= 0.3 is 0 Å². The zero-order chi connectivity index (χ0) is 15.8. The largest absolute Gasteiger partial charge is 0.396 e. The molecular formula is C16H26F2N2O. The van der Waals surface area contributed by atoms with Crippen LogP contribution in [0, 0.1) is 11.6 Å². The molecule has 0 aliphatic heterocycles. The predicted octanol–water partition coefficient (Wildman–Crippen LogP) is 2.71. The number of nitrogens with zero attached hydrogens (tertiary/aromatic N) is 1. The first-order chi connectivity index (χ1) is 10.0. The van der Waals surface area contributed by atoms with Crippen LogP contribution in [-0.2, 0) is 0 Å². The maximum absolute atomic E-state index is 13.9. The van der Waals surface area contributed by atoms with E-state index in [1.165, 1.54) is 6.07 Å². The highest BCUT2D eigenvalue weighted by Crippen LogP contribution is 2.22. The van der Waals surface area contributed by atoms with E-state index in [1.54, 1.807) is 13.1 Å². The fourth-order valence-electron chi connectivity index (χ4n) is 2.44. The number of rotatable bonds is 9. The fraction of sp³-hybridized carbons (Fsp3) is 0.625. The van der Waals surface area contributed by atoms with E-state index in [0.717, 1.165) is 25.6 Å². The molecule has 0 bridgehead atoms. The number of aliphatic hydroxyl groups excluding tert-OH is 1. The minimum Gasteiger partial charge on any atom is -0.396 e. The van der Waals surface area contributed by atoms with Crippen molar-refractivity contribution in [3.8, 4) is 0 Å². The SMILES string of the molecule is CNC(CCN(CCCO)C(C)C)c1cccc(F)c1F. The highest BCUT2D eigenvalue weighted by atomic mass is 19.2. The third-order valence-electron chi connectivity index (χ3n) is 3.74. The summed E-state index contributed by atoms with van der Waals surface area (Å²) in [6.07, 6.45) is 1.40. The van der Waals surface area contributed by atoms with Gasteiger partial charge in [0.1, 0.15) is 0 Å². The van der Waals surface area contributed by atoms with Gasteiger partial charge in [0.2, 0.25) is 0 Å². The first kappa shape index (κ1) is 18.0. The van der Waals surface area contributed by atoms with E-state index in [1.807, 2.05) is 0 Å². The molecule has 5 heteroatoms.